The summed E-state index contributed by atoms with van der Waals surface area (Å²) in [7, 11) is 0. The monoisotopic (exact) mass is 208 g/mol. The molecule has 0 radical (unpaired) electrons. The summed E-state index contributed by atoms with van der Waals surface area (Å²) in [5, 5.41) is 0. The van der Waals surface area contributed by atoms with Gasteiger partial charge in [0.15, 0.2) is 0 Å². The number of amides is 1. The van der Waals surface area contributed by atoms with Crippen molar-refractivity contribution in [2.75, 3.05) is 13.1 Å². The molecule has 4 heteroatoms. The summed E-state index contributed by atoms with van der Waals surface area (Å²) in [6, 6.07) is -0.549. The van der Waals surface area contributed by atoms with Crippen molar-refractivity contribution >= 4 is 5.91 Å². The van der Waals surface area contributed by atoms with E-state index in [0.717, 1.165) is 12.8 Å². The van der Waals surface area contributed by atoms with E-state index in [0.29, 0.717) is 19.5 Å². The molecule has 2 bridgehead atoms. The second-order valence-corrected chi connectivity index (χ2v) is 4.22. The number of rotatable bonds is 2. The van der Waals surface area contributed by atoms with Gasteiger partial charge in [-0.1, -0.05) is 0 Å². The van der Waals surface area contributed by atoms with Crippen LogP contribution in [0.1, 0.15) is 19.3 Å². The number of ether oxygens (including phenoxy) is 1. The molecule has 0 aromatic rings. The molecule has 0 aromatic heterocycles. The topological polar surface area (TPSA) is 55.6 Å². The van der Waals surface area contributed by atoms with E-state index >= 15 is 0 Å². The molecule has 2 fully saturated rings. The molecule has 2 rings (SSSR count). The van der Waals surface area contributed by atoms with E-state index in [1.807, 2.05) is 0 Å². The quantitative estimate of drug-likeness (QED) is 0.635. The Bertz CT molecular complexity index is 285. The standard InChI is InChI=1S/C11H16N2O2/c1-2-3-10(12)11(14)13-6-8-4-5-9(7-13)15-8/h1,8-10H,3-7,12H2. The molecule has 3 unspecified atom stereocenters. The van der Waals surface area contributed by atoms with Crippen LogP contribution in [0.3, 0.4) is 0 Å². The molecule has 3 atom stereocenters. The molecular formula is C11H16N2O2. The van der Waals surface area contributed by atoms with Crippen molar-refractivity contribution in [3.8, 4) is 12.3 Å². The van der Waals surface area contributed by atoms with Gasteiger partial charge in [-0.3, -0.25) is 4.79 Å². The van der Waals surface area contributed by atoms with Crippen LogP contribution in [-0.4, -0.2) is 42.1 Å². The summed E-state index contributed by atoms with van der Waals surface area (Å²) < 4.78 is 5.64. The zero-order valence-electron chi connectivity index (χ0n) is 8.69. The Morgan fingerprint density at radius 1 is 1.53 bits per heavy atom. The van der Waals surface area contributed by atoms with Crippen molar-refractivity contribution in [3.05, 3.63) is 0 Å². The second kappa shape index (κ2) is 4.21. The lowest BCUT2D eigenvalue weighted by Gasteiger charge is -2.33. The molecule has 2 heterocycles. The number of hydrogen-bond donors (Lipinski definition) is 1. The van der Waals surface area contributed by atoms with Crippen LogP contribution in [-0.2, 0) is 9.53 Å². The van der Waals surface area contributed by atoms with Gasteiger partial charge in [-0.25, -0.2) is 0 Å². The van der Waals surface area contributed by atoms with Gasteiger partial charge in [-0.05, 0) is 12.8 Å². The third kappa shape index (κ3) is 2.14. The van der Waals surface area contributed by atoms with Crippen LogP contribution in [0.4, 0.5) is 0 Å². The molecule has 0 saturated carbocycles. The number of nitrogens with two attached hydrogens (primary N) is 1. The number of carbonyl (C=O) groups excluding carboxylic acids is 1. The molecule has 15 heavy (non-hydrogen) atoms. The number of terminal acetylenes is 1. The fourth-order valence-electron chi connectivity index (χ4n) is 2.24. The lowest BCUT2D eigenvalue weighted by Crippen LogP contribution is -2.51. The van der Waals surface area contributed by atoms with E-state index < -0.39 is 6.04 Å². The van der Waals surface area contributed by atoms with Gasteiger partial charge in [0.1, 0.15) is 0 Å². The van der Waals surface area contributed by atoms with Gasteiger partial charge in [-0.2, -0.15) is 0 Å². The van der Waals surface area contributed by atoms with Crippen molar-refractivity contribution in [2.45, 2.75) is 37.5 Å². The van der Waals surface area contributed by atoms with E-state index in [-0.39, 0.29) is 18.1 Å². The molecule has 82 valence electrons. The first kappa shape index (κ1) is 10.5. The summed E-state index contributed by atoms with van der Waals surface area (Å²) in [4.78, 5) is 13.7. The zero-order valence-corrected chi connectivity index (χ0v) is 8.69. The maximum Gasteiger partial charge on any atom is 0.240 e. The van der Waals surface area contributed by atoms with E-state index in [1.54, 1.807) is 4.90 Å². The van der Waals surface area contributed by atoms with Crippen LogP contribution >= 0.6 is 0 Å². The van der Waals surface area contributed by atoms with Gasteiger partial charge in [-0.15, -0.1) is 12.3 Å². The van der Waals surface area contributed by atoms with Crippen LogP contribution in [0, 0.1) is 12.3 Å². The van der Waals surface area contributed by atoms with Crippen LogP contribution in [0.25, 0.3) is 0 Å². The molecule has 4 nitrogen and oxygen atoms in total. The highest BCUT2D eigenvalue weighted by Gasteiger charge is 2.36. The number of morpholine rings is 1. The molecule has 2 N–H and O–H groups in total. The molecule has 2 aliphatic heterocycles. The Labute approximate surface area is 89.8 Å². The number of hydrogen-bond acceptors (Lipinski definition) is 3. The normalized spacial score (nSPS) is 31.1. The smallest absolute Gasteiger partial charge is 0.240 e. The van der Waals surface area contributed by atoms with Crippen molar-refractivity contribution < 1.29 is 9.53 Å². The van der Waals surface area contributed by atoms with Gasteiger partial charge in [0.2, 0.25) is 5.91 Å². The highest BCUT2D eigenvalue weighted by atomic mass is 16.5. The highest BCUT2D eigenvalue weighted by molar-refractivity contribution is 5.82. The Morgan fingerprint density at radius 2 is 2.13 bits per heavy atom. The summed E-state index contributed by atoms with van der Waals surface area (Å²) in [6.07, 6.45) is 7.99. The molecule has 0 spiro atoms. The Balaban J connectivity index is 1.94. The number of nitrogens with zero attached hydrogens (tertiary/aromatic N) is 1. The largest absolute Gasteiger partial charge is 0.371 e. The SMILES string of the molecule is C#CCC(N)C(=O)N1CC2CCC(C1)O2. The van der Waals surface area contributed by atoms with Crippen molar-refractivity contribution in [3.63, 3.8) is 0 Å². The summed E-state index contributed by atoms with van der Waals surface area (Å²) in [5.74, 6) is 2.39. The van der Waals surface area contributed by atoms with Crippen LogP contribution < -0.4 is 5.73 Å². The fourth-order valence-corrected chi connectivity index (χ4v) is 2.24. The first-order valence-corrected chi connectivity index (χ1v) is 5.34. The highest BCUT2D eigenvalue weighted by Crippen LogP contribution is 2.26. The summed E-state index contributed by atoms with van der Waals surface area (Å²) in [5.41, 5.74) is 5.70. The van der Waals surface area contributed by atoms with Crippen LogP contribution in [0.2, 0.25) is 0 Å². The minimum Gasteiger partial charge on any atom is -0.371 e. The van der Waals surface area contributed by atoms with E-state index in [2.05, 4.69) is 5.92 Å². The number of carbonyl (C=O) groups is 1. The average Bonchev–Trinajstić information content (AvgIpc) is 2.57. The average molecular weight is 208 g/mol. The van der Waals surface area contributed by atoms with Crippen molar-refractivity contribution in [1.29, 1.82) is 0 Å². The van der Waals surface area contributed by atoms with Gasteiger partial charge in [0, 0.05) is 19.5 Å². The zero-order chi connectivity index (χ0) is 10.8. The molecule has 0 aliphatic carbocycles. The lowest BCUT2D eigenvalue weighted by molar-refractivity contribution is -0.141. The Kier molecular flexibility index (Phi) is 2.94. The third-order valence-electron chi connectivity index (χ3n) is 3.01. The third-order valence-corrected chi connectivity index (χ3v) is 3.01. The predicted molar refractivity (Wildman–Crippen MR) is 55.9 cm³/mol. The minimum absolute atomic E-state index is 0.0341. The minimum atomic E-state index is -0.549. The van der Waals surface area contributed by atoms with Crippen molar-refractivity contribution in [2.24, 2.45) is 5.73 Å². The summed E-state index contributed by atoms with van der Waals surface area (Å²) >= 11 is 0. The summed E-state index contributed by atoms with van der Waals surface area (Å²) in [6.45, 7) is 1.35. The van der Waals surface area contributed by atoms with Crippen LogP contribution in [0.15, 0.2) is 0 Å². The van der Waals surface area contributed by atoms with Gasteiger partial charge in [0.25, 0.3) is 0 Å². The maximum absolute atomic E-state index is 11.9. The number of likely N-dealkylation sites (tertiary alicyclic amines) is 1. The van der Waals surface area contributed by atoms with Crippen molar-refractivity contribution in [1.82, 2.24) is 4.90 Å². The first-order valence-electron chi connectivity index (χ1n) is 5.34. The van der Waals surface area contributed by atoms with E-state index in [1.165, 1.54) is 0 Å². The number of fused-ring (bicyclic) bond motifs is 2. The van der Waals surface area contributed by atoms with Crippen LogP contribution in [0.5, 0.6) is 0 Å². The molecule has 0 aromatic carbocycles. The molecule has 1 amide bonds. The van der Waals surface area contributed by atoms with E-state index in [4.69, 9.17) is 16.9 Å². The molecular weight excluding hydrogens is 192 g/mol. The van der Waals surface area contributed by atoms with Gasteiger partial charge >= 0.3 is 0 Å². The predicted octanol–water partition coefficient (Wildman–Crippen LogP) is -0.273. The Morgan fingerprint density at radius 3 is 2.67 bits per heavy atom. The molecule has 2 aliphatic rings. The van der Waals surface area contributed by atoms with E-state index in [9.17, 15) is 4.79 Å². The molecule has 2 saturated heterocycles. The maximum atomic E-state index is 11.9. The van der Waals surface area contributed by atoms with Gasteiger partial charge < -0.3 is 15.4 Å². The Hall–Kier alpha value is -1.05. The first-order chi connectivity index (χ1) is 7.20. The fraction of sp³-hybridized carbons (Fsp3) is 0.727. The lowest BCUT2D eigenvalue weighted by atomic mass is 10.2. The second-order valence-electron chi connectivity index (χ2n) is 4.22. The van der Waals surface area contributed by atoms with Gasteiger partial charge in [0.05, 0.1) is 18.2 Å².